The number of carbonyl (C=O) groups is 2. The highest BCUT2D eigenvalue weighted by atomic mass is 16.4. The minimum absolute atomic E-state index is 0.173. The standard InChI is InChI=1S/C20H20N4O4/c1-13(25)18(20(27)28)21-17(26)12-16-19(14-8-4-2-5-9-14)24(23-22-16)15-10-6-3-7-11-15/h2-11,13,18,25H,12H2,1H3,(H,21,26)(H,27,28). The fourth-order valence-corrected chi connectivity index (χ4v) is 2.83. The number of aliphatic hydroxyl groups excluding tert-OH is 1. The number of nitrogens with one attached hydrogen (secondary N) is 1. The predicted octanol–water partition coefficient (Wildman–Crippen LogP) is 1.43. The highest BCUT2D eigenvalue weighted by Crippen LogP contribution is 2.25. The van der Waals surface area contributed by atoms with Gasteiger partial charge in [0, 0.05) is 5.56 Å². The molecule has 1 aromatic heterocycles. The molecule has 3 aromatic rings. The second-order valence-corrected chi connectivity index (χ2v) is 6.30. The van der Waals surface area contributed by atoms with Crippen molar-refractivity contribution < 1.29 is 19.8 Å². The van der Waals surface area contributed by atoms with Gasteiger partial charge in [-0.25, -0.2) is 9.48 Å². The Balaban J connectivity index is 1.95. The fourth-order valence-electron chi connectivity index (χ4n) is 2.83. The molecular formula is C20H20N4O4. The number of aliphatic hydroxyl groups is 1. The lowest BCUT2D eigenvalue weighted by Gasteiger charge is -2.16. The van der Waals surface area contributed by atoms with Gasteiger partial charge in [-0.1, -0.05) is 53.7 Å². The summed E-state index contributed by atoms with van der Waals surface area (Å²) in [5, 5.41) is 29.4. The molecular weight excluding hydrogens is 360 g/mol. The normalized spacial score (nSPS) is 12.9. The first-order valence-corrected chi connectivity index (χ1v) is 8.73. The summed E-state index contributed by atoms with van der Waals surface area (Å²) in [6.45, 7) is 1.31. The average Bonchev–Trinajstić information content (AvgIpc) is 3.10. The molecule has 3 N–H and O–H groups in total. The molecule has 0 saturated heterocycles. The summed E-state index contributed by atoms with van der Waals surface area (Å²) < 4.78 is 1.64. The van der Waals surface area contributed by atoms with E-state index in [0.29, 0.717) is 11.4 Å². The molecule has 2 unspecified atom stereocenters. The number of rotatable bonds is 7. The summed E-state index contributed by atoms with van der Waals surface area (Å²) in [6, 6.07) is 17.4. The van der Waals surface area contributed by atoms with Gasteiger partial charge in [-0.15, -0.1) is 5.10 Å². The van der Waals surface area contributed by atoms with Crippen LogP contribution >= 0.6 is 0 Å². The van der Waals surface area contributed by atoms with E-state index >= 15 is 0 Å². The lowest BCUT2D eigenvalue weighted by atomic mass is 10.1. The van der Waals surface area contributed by atoms with Crippen molar-refractivity contribution in [1.29, 1.82) is 0 Å². The zero-order valence-electron chi connectivity index (χ0n) is 15.2. The first kappa shape index (κ1) is 19.2. The number of aromatic nitrogens is 3. The van der Waals surface area contributed by atoms with Crippen molar-refractivity contribution in [3.8, 4) is 16.9 Å². The maximum absolute atomic E-state index is 12.4. The molecule has 0 bridgehead atoms. The van der Waals surface area contributed by atoms with Crippen molar-refractivity contribution in [1.82, 2.24) is 20.3 Å². The molecule has 8 heteroatoms. The van der Waals surface area contributed by atoms with Gasteiger partial charge in [0.2, 0.25) is 5.91 Å². The molecule has 1 heterocycles. The van der Waals surface area contributed by atoms with Gasteiger partial charge in [-0.2, -0.15) is 0 Å². The summed E-state index contributed by atoms with van der Waals surface area (Å²) in [7, 11) is 0. The van der Waals surface area contributed by atoms with Crippen LogP contribution in [-0.2, 0) is 16.0 Å². The number of nitrogens with zero attached hydrogens (tertiary/aromatic N) is 3. The van der Waals surface area contributed by atoms with E-state index in [0.717, 1.165) is 11.3 Å². The molecule has 0 spiro atoms. The number of amides is 1. The molecule has 144 valence electrons. The van der Waals surface area contributed by atoms with Crippen LogP contribution in [0.25, 0.3) is 16.9 Å². The first-order chi connectivity index (χ1) is 13.5. The van der Waals surface area contributed by atoms with Crippen LogP contribution in [0.5, 0.6) is 0 Å². The van der Waals surface area contributed by atoms with E-state index in [1.54, 1.807) is 4.68 Å². The van der Waals surface area contributed by atoms with Crippen LogP contribution in [-0.4, -0.2) is 49.2 Å². The van der Waals surface area contributed by atoms with Gasteiger partial charge in [0.1, 0.15) is 5.69 Å². The number of aliphatic carboxylic acids is 1. The maximum atomic E-state index is 12.4. The number of carboxylic acids is 1. The second-order valence-electron chi connectivity index (χ2n) is 6.30. The molecule has 8 nitrogen and oxygen atoms in total. The lowest BCUT2D eigenvalue weighted by molar-refractivity contribution is -0.144. The van der Waals surface area contributed by atoms with Crippen LogP contribution in [0.1, 0.15) is 12.6 Å². The van der Waals surface area contributed by atoms with Gasteiger partial charge in [0.05, 0.1) is 23.9 Å². The third-order valence-electron chi connectivity index (χ3n) is 4.18. The van der Waals surface area contributed by atoms with E-state index in [2.05, 4.69) is 15.6 Å². The maximum Gasteiger partial charge on any atom is 0.328 e. The molecule has 2 atom stereocenters. The fraction of sp³-hybridized carbons (Fsp3) is 0.200. The van der Waals surface area contributed by atoms with Crippen LogP contribution in [0, 0.1) is 0 Å². The minimum Gasteiger partial charge on any atom is -0.480 e. The largest absolute Gasteiger partial charge is 0.480 e. The van der Waals surface area contributed by atoms with Crippen LogP contribution in [0.4, 0.5) is 0 Å². The van der Waals surface area contributed by atoms with Crippen molar-refractivity contribution in [2.45, 2.75) is 25.5 Å². The molecule has 2 aromatic carbocycles. The number of benzene rings is 2. The van der Waals surface area contributed by atoms with Crippen LogP contribution in [0.15, 0.2) is 60.7 Å². The van der Waals surface area contributed by atoms with E-state index < -0.39 is 24.0 Å². The smallest absolute Gasteiger partial charge is 0.328 e. The van der Waals surface area contributed by atoms with E-state index in [-0.39, 0.29) is 6.42 Å². The summed E-state index contributed by atoms with van der Waals surface area (Å²) in [5.74, 6) is -1.87. The topological polar surface area (TPSA) is 117 Å². The first-order valence-electron chi connectivity index (χ1n) is 8.73. The molecule has 3 rings (SSSR count). The highest BCUT2D eigenvalue weighted by Gasteiger charge is 2.26. The van der Waals surface area contributed by atoms with Gasteiger partial charge >= 0.3 is 5.97 Å². The Bertz CT molecular complexity index is 955. The van der Waals surface area contributed by atoms with Gasteiger partial charge in [-0.05, 0) is 19.1 Å². The number of para-hydroxylation sites is 1. The molecule has 28 heavy (non-hydrogen) atoms. The van der Waals surface area contributed by atoms with Crippen LogP contribution < -0.4 is 5.32 Å². The van der Waals surface area contributed by atoms with Crippen LogP contribution in [0.3, 0.4) is 0 Å². The monoisotopic (exact) mass is 380 g/mol. The summed E-state index contributed by atoms with van der Waals surface area (Å²) in [4.78, 5) is 23.6. The van der Waals surface area contributed by atoms with E-state index in [1.807, 2.05) is 60.7 Å². The second kappa shape index (κ2) is 8.45. The molecule has 0 fully saturated rings. The van der Waals surface area contributed by atoms with Gasteiger partial charge in [0.25, 0.3) is 0 Å². The quantitative estimate of drug-likeness (QED) is 0.571. The zero-order valence-corrected chi connectivity index (χ0v) is 15.2. The predicted molar refractivity (Wildman–Crippen MR) is 102 cm³/mol. The zero-order chi connectivity index (χ0) is 20.1. The lowest BCUT2D eigenvalue weighted by Crippen LogP contribution is -2.48. The number of carbonyl (C=O) groups excluding carboxylic acids is 1. The van der Waals surface area contributed by atoms with E-state index in [9.17, 15) is 14.7 Å². The molecule has 0 aliphatic carbocycles. The Labute approximate surface area is 161 Å². The van der Waals surface area contributed by atoms with Crippen molar-refractivity contribution in [2.24, 2.45) is 0 Å². The van der Waals surface area contributed by atoms with Crippen molar-refractivity contribution >= 4 is 11.9 Å². The van der Waals surface area contributed by atoms with Gasteiger partial charge in [-0.3, -0.25) is 4.79 Å². The van der Waals surface area contributed by atoms with E-state index in [4.69, 9.17) is 5.11 Å². The molecule has 0 radical (unpaired) electrons. The minimum atomic E-state index is -1.39. The summed E-state index contributed by atoms with van der Waals surface area (Å²) >= 11 is 0. The Hall–Kier alpha value is -3.52. The van der Waals surface area contributed by atoms with Gasteiger partial charge in [0.15, 0.2) is 6.04 Å². The Kier molecular flexibility index (Phi) is 5.81. The Morgan fingerprint density at radius 3 is 2.25 bits per heavy atom. The molecule has 1 amide bonds. The number of hydrogen-bond donors (Lipinski definition) is 3. The summed E-state index contributed by atoms with van der Waals surface area (Å²) in [6.07, 6.45) is -1.40. The van der Waals surface area contributed by atoms with Crippen molar-refractivity contribution in [3.05, 3.63) is 66.4 Å². The Morgan fingerprint density at radius 1 is 1.07 bits per heavy atom. The highest BCUT2D eigenvalue weighted by molar-refractivity contribution is 5.86. The molecule has 0 saturated carbocycles. The average molecular weight is 380 g/mol. The number of carboxylic acid groups (broad SMARTS) is 1. The molecule has 0 aliphatic heterocycles. The van der Waals surface area contributed by atoms with Gasteiger partial charge < -0.3 is 15.5 Å². The van der Waals surface area contributed by atoms with E-state index in [1.165, 1.54) is 6.92 Å². The third-order valence-corrected chi connectivity index (χ3v) is 4.18. The summed E-state index contributed by atoms with van der Waals surface area (Å²) in [5.41, 5.74) is 2.66. The van der Waals surface area contributed by atoms with Crippen molar-refractivity contribution in [3.63, 3.8) is 0 Å². The SMILES string of the molecule is CC(O)C(NC(=O)Cc1nnn(-c2ccccc2)c1-c1ccccc1)C(=O)O. The molecule has 0 aliphatic rings. The van der Waals surface area contributed by atoms with Crippen LogP contribution in [0.2, 0.25) is 0 Å². The third kappa shape index (κ3) is 4.24. The van der Waals surface area contributed by atoms with Crippen molar-refractivity contribution in [2.75, 3.05) is 0 Å². The number of hydrogen-bond acceptors (Lipinski definition) is 5. The Morgan fingerprint density at radius 2 is 1.68 bits per heavy atom.